The van der Waals surface area contributed by atoms with Crippen LogP contribution < -0.4 is 5.32 Å². The number of amides is 1. The van der Waals surface area contributed by atoms with Gasteiger partial charge in [0.25, 0.3) is 0 Å². The van der Waals surface area contributed by atoms with Crippen LogP contribution in [0.1, 0.15) is 6.42 Å². The van der Waals surface area contributed by atoms with E-state index in [1.54, 1.807) is 24.3 Å². The van der Waals surface area contributed by atoms with Gasteiger partial charge >= 0.3 is 5.97 Å². The molecule has 16 heavy (non-hydrogen) atoms. The quantitative estimate of drug-likeness (QED) is 0.731. The Kier molecular flexibility index (Phi) is 4.47. The van der Waals surface area contributed by atoms with Crippen molar-refractivity contribution in [2.75, 3.05) is 12.4 Å². The maximum absolute atomic E-state index is 11.4. The third-order valence-corrected chi connectivity index (χ3v) is 1.91. The number of anilines is 1. The lowest BCUT2D eigenvalue weighted by Gasteiger charge is -2.08. The van der Waals surface area contributed by atoms with Crippen LogP contribution in [0, 0.1) is 0 Å². The molecule has 5 heteroatoms. The predicted octanol–water partition coefficient (Wildman–Crippen LogP) is 0.549. The Bertz CT molecular complexity index is 364. The number of hydrogen-bond acceptors (Lipinski definition) is 4. The molecule has 86 valence electrons. The summed E-state index contributed by atoms with van der Waals surface area (Å²) in [6, 6.07) is 8.78. The summed E-state index contributed by atoms with van der Waals surface area (Å²) in [7, 11) is 1.15. The van der Waals surface area contributed by atoms with Crippen molar-refractivity contribution >= 4 is 17.6 Å². The molecule has 1 amide bonds. The summed E-state index contributed by atoms with van der Waals surface area (Å²) in [5.41, 5.74) is 0.615. The molecule has 0 bridgehead atoms. The van der Waals surface area contributed by atoms with Crippen molar-refractivity contribution in [2.45, 2.75) is 12.5 Å². The molecular weight excluding hydrogens is 210 g/mol. The molecule has 1 aromatic rings. The van der Waals surface area contributed by atoms with Crippen LogP contribution >= 0.6 is 0 Å². The fourth-order valence-electron chi connectivity index (χ4n) is 1.13. The Morgan fingerprint density at radius 3 is 2.56 bits per heavy atom. The van der Waals surface area contributed by atoms with E-state index in [4.69, 9.17) is 0 Å². The molecule has 0 aromatic heterocycles. The minimum atomic E-state index is -1.42. The van der Waals surface area contributed by atoms with Gasteiger partial charge in [0.2, 0.25) is 5.91 Å². The largest absolute Gasteiger partial charge is 0.467 e. The number of ether oxygens (including phenoxy) is 1. The second-order valence-corrected chi connectivity index (χ2v) is 3.16. The SMILES string of the molecule is COC(=O)[C@@H](O)CC(=O)Nc1ccccc1. The molecule has 1 rings (SSSR count). The first-order chi connectivity index (χ1) is 7.63. The second kappa shape index (κ2) is 5.87. The monoisotopic (exact) mass is 223 g/mol. The molecule has 1 atom stereocenters. The highest BCUT2D eigenvalue weighted by Crippen LogP contribution is 2.06. The topological polar surface area (TPSA) is 75.6 Å². The van der Waals surface area contributed by atoms with E-state index in [1.165, 1.54) is 0 Å². The molecular formula is C11H13NO4. The first kappa shape index (κ1) is 12.2. The van der Waals surface area contributed by atoms with Gasteiger partial charge in [0.1, 0.15) is 0 Å². The van der Waals surface area contributed by atoms with Crippen molar-refractivity contribution in [1.82, 2.24) is 0 Å². The Hall–Kier alpha value is -1.88. The molecule has 0 aliphatic rings. The average Bonchev–Trinajstić information content (AvgIpc) is 2.29. The van der Waals surface area contributed by atoms with E-state index in [2.05, 4.69) is 10.1 Å². The van der Waals surface area contributed by atoms with Crippen molar-refractivity contribution in [3.63, 3.8) is 0 Å². The number of esters is 1. The van der Waals surface area contributed by atoms with Gasteiger partial charge in [-0.15, -0.1) is 0 Å². The standard InChI is InChI=1S/C11H13NO4/c1-16-11(15)9(13)7-10(14)12-8-5-3-2-4-6-8/h2-6,9,13H,7H2,1H3,(H,12,14)/t9-/m0/s1. The molecule has 5 nitrogen and oxygen atoms in total. The molecule has 0 saturated heterocycles. The molecule has 0 fully saturated rings. The summed E-state index contributed by atoms with van der Waals surface area (Å²) in [6.07, 6.45) is -1.74. The highest BCUT2D eigenvalue weighted by atomic mass is 16.5. The summed E-state index contributed by atoms with van der Waals surface area (Å²) in [5.74, 6) is -1.26. The van der Waals surface area contributed by atoms with E-state index in [1.807, 2.05) is 6.07 Å². The molecule has 0 unspecified atom stereocenters. The van der Waals surface area contributed by atoms with Crippen LogP contribution in [0.15, 0.2) is 30.3 Å². The number of carbonyl (C=O) groups is 2. The summed E-state index contributed by atoms with van der Waals surface area (Å²) >= 11 is 0. The zero-order chi connectivity index (χ0) is 12.0. The molecule has 0 heterocycles. The van der Waals surface area contributed by atoms with Gasteiger partial charge in [-0.05, 0) is 12.1 Å². The zero-order valence-corrected chi connectivity index (χ0v) is 8.84. The zero-order valence-electron chi connectivity index (χ0n) is 8.84. The lowest BCUT2D eigenvalue weighted by Crippen LogP contribution is -2.27. The van der Waals surface area contributed by atoms with Crippen LogP contribution in [0.3, 0.4) is 0 Å². The van der Waals surface area contributed by atoms with Crippen molar-refractivity contribution in [1.29, 1.82) is 0 Å². The van der Waals surface area contributed by atoms with Crippen LogP contribution in [-0.4, -0.2) is 30.2 Å². The van der Waals surface area contributed by atoms with Crippen LogP contribution in [0.2, 0.25) is 0 Å². The molecule has 0 aliphatic carbocycles. The van der Waals surface area contributed by atoms with Crippen molar-refractivity contribution in [2.24, 2.45) is 0 Å². The summed E-state index contributed by atoms with van der Waals surface area (Å²) in [5, 5.41) is 11.8. The van der Waals surface area contributed by atoms with Gasteiger partial charge < -0.3 is 15.2 Å². The van der Waals surface area contributed by atoms with Gasteiger partial charge in [-0.1, -0.05) is 18.2 Å². The molecule has 0 radical (unpaired) electrons. The molecule has 0 aliphatic heterocycles. The van der Waals surface area contributed by atoms with Crippen molar-refractivity contribution in [3.8, 4) is 0 Å². The lowest BCUT2D eigenvalue weighted by atomic mass is 10.2. The van der Waals surface area contributed by atoms with Crippen LogP contribution in [0.5, 0.6) is 0 Å². The van der Waals surface area contributed by atoms with E-state index in [0.717, 1.165) is 7.11 Å². The third kappa shape index (κ3) is 3.70. The van der Waals surface area contributed by atoms with Crippen molar-refractivity contribution in [3.05, 3.63) is 30.3 Å². The number of methoxy groups -OCH3 is 1. The Labute approximate surface area is 93.0 Å². The second-order valence-electron chi connectivity index (χ2n) is 3.16. The molecule has 0 saturated carbocycles. The van der Waals surface area contributed by atoms with E-state index in [9.17, 15) is 14.7 Å². The Morgan fingerprint density at radius 1 is 1.38 bits per heavy atom. The molecule has 0 spiro atoms. The normalized spacial score (nSPS) is 11.6. The highest BCUT2D eigenvalue weighted by molar-refractivity contribution is 5.93. The van der Waals surface area contributed by atoms with E-state index < -0.39 is 18.0 Å². The Balaban J connectivity index is 2.45. The molecule has 1 aromatic carbocycles. The smallest absolute Gasteiger partial charge is 0.335 e. The van der Waals surface area contributed by atoms with E-state index in [-0.39, 0.29) is 6.42 Å². The number of aliphatic hydroxyl groups is 1. The van der Waals surface area contributed by atoms with Gasteiger partial charge in [0, 0.05) is 5.69 Å². The predicted molar refractivity (Wildman–Crippen MR) is 57.7 cm³/mol. The van der Waals surface area contributed by atoms with Crippen molar-refractivity contribution < 1.29 is 19.4 Å². The summed E-state index contributed by atoms with van der Waals surface area (Å²) < 4.78 is 4.29. The number of benzene rings is 1. The minimum Gasteiger partial charge on any atom is -0.467 e. The van der Waals surface area contributed by atoms with Gasteiger partial charge in [-0.3, -0.25) is 4.79 Å². The lowest BCUT2D eigenvalue weighted by molar-refractivity contribution is -0.152. The first-order valence-corrected chi connectivity index (χ1v) is 4.74. The number of nitrogens with one attached hydrogen (secondary N) is 1. The van der Waals surface area contributed by atoms with Gasteiger partial charge in [-0.25, -0.2) is 4.79 Å². The number of hydrogen-bond donors (Lipinski definition) is 2. The third-order valence-electron chi connectivity index (χ3n) is 1.91. The summed E-state index contributed by atoms with van der Waals surface area (Å²) in [4.78, 5) is 22.2. The van der Waals surface area contributed by atoms with Crippen LogP contribution in [-0.2, 0) is 14.3 Å². The van der Waals surface area contributed by atoms with Crippen LogP contribution in [0.25, 0.3) is 0 Å². The fourth-order valence-corrected chi connectivity index (χ4v) is 1.13. The fraction of sp³-hybridized carbons (Fsp3) is 0.273. The number of para-hydroxylation sites is 1. The number of rotatable bonds is 4. The molecule has 2 N–H and O–H groups in total. The Morgan fingerprint density at radius 2 is 2.00 bits per heavy atom. The highest BCUT2D eigenvalue weighted by Gasteiger charge is 2.19. The maximum atomic E-state index is 11.4. The minimum absolute atomic E-state index is 0.318. The first-order valence-electron chi connectivity index (χ1n) is 4.74. The number of carbonyl (C=O) groups excluding carboxylic acids is 2. The van der Waals surface area contributed by atoms with Crippen LogP contribution in [0.4, 0.5) is 5.69 Å². The van der Waals surface area contributed by atoms with E-state index in [0.29, 0.717) is 5.69 Å². The summed E-state index contributed by atoms with van der Waals surface area (Å²) in [6.45, 7) is 0. The van der Waals surface area contributed by atoms with Gasteiger partial charge in [0.05, 0.1) is 13.5 Å². The van der Waals surface area contributed by atoms with Gasteiger partial charge in [0.15, 0.2) is 6.10 Å². The number of aliphatic hydroxyl groups excluding tert-OH is 1. The van der Waals surface area contributed by atoms with E-state index >= 15 is 0 Å². The average molecular weight is 223 g/mol. The maximum Gasteiger partial charge on any atom is 0.335 e. The van der Waals surface area contributed by atoms with Gasteiger partial charge in [-0.2, -0.15) is 0 Å².